The van der Waals surface area contributed by atoms with E-state index in [-0.39, 0.29) is 0 Å². The number of hydrogen-bond acceptors (Lipinski definition) is 1. The Morgan fingerprint density at radius 2 is 1.85 bits per heavy atom. The molecule has 1 N–H and O–H groups in total. The smallest absolute Gasteiger partial charge is 0.308 e. The number of carboxylic acids is 1. The number of carboxylic acid groups (broad SMARTS) is 1. The normalized spacial score (nSPS) is 10.1. The van der Waals surface area contributed by atoms with Gasteiger partial charge >= 0.3 is 5.97 Å². The summed E-state index contributed by atoms with van der Waals surface area (Å²) in [4.78, 5) is 10.2. The van der Waals surface area contributed by atoms with Crippen LogP contribution in [0.3, 0.4) is 0 Å². The summed E-state index contributed by atoms with van der Waals surface area (Å²) in [5.74, 6) is -2.86. The molecule has 1 aromatic rings. The van der Waals surface area contributed by atoms with Gasteiger partial charge < -0.3 is 5.11 Å². The van der Waals surface area contributed by atoms with Gasteiger partial charge in [0.15, 0.2) is 0 Å². The molecule has 0 aliphatic heterocycles. The van der Waals surface area contributed by atoms with Gasteiger partial charge in [0.25, 0.3) is 0 Å². The fourth-order valence-corrected chi connectivity index (χ4v) is 1.05. The molecule has 0 fully saturated rings. The van der Waals surface area contributed by atoms with Gasteiger partial charge in [0.05, 0.1) is 6.42 Å². The van der Waals surface area contributed by atoms with Crippen LogP contribution in [0.1, 0.15) is 11.1 Å². The first-order valence-electron chi connectivity index (χ1n) is 3.67. The van der Waals surface area contributed by atoms with Gasteiger partial charge in [-0.25, -0.2) is 8.78 Å². The van der Waals surface area contributed by atoms with Crippen molar-refractivity contribution in [1.29, 1.82) is 0 Å². The average molecular weight is 186 g/mol. The highest BCUT2D eigenvalue weighted by molar-refractivity contribution is 5.70. The molecule has 0 aromatic heterocycles. The molecule has 0 unspecified atom stereocenters. The average Bonchev–Trinajstić information content (AvgIpc) is 1.96. The van der Waals surface area contributed by atoms with E-state index in [0.29, 0.717) is 5.56 Å². The minimum absolute atomic E-state index is 0.391. The summed E-state index contributed by atoms with van der Waals surface area (Å²) in [6, 6.07) is 2.22. The Hall–Kier alpha value is -1.45. The summed E-state index contributed by atoms with van der Waals surface area (Å²) in [5, 5.41) is 8.35. The zero-order chi connectivity index (χ0) is 10.0. The highest BCUT2D eigenvalue weighted by atomic mass is 19.1. The zero-order valence-electron chi connectivity index (χ0n) is 6.97. The summed E-state index contributed by atoms with van der Waals surface area (Å²) in [7, 11) is 0. The second kappa shape index (κ2) is 3.51. The Bertz CT molecular complexity index is 324. The summed E-state index contributed by atoms with van der Waals surface area (Å²) >= 11 is 0. The van der Waals surface area contributed by atoms with E-state index in [1.807, 2.05) is 0 Å². The van der Waals surface area contributed by atoms with Crippen molar-refractivity contribution < 1.29 is 18.7 Å². The van der Waals surface area contributed by atoms with Crippen molar-refractivity contribution in [3.63, 3.8) is 0 Å². The van der Waals surface area contributed by atoms with Crippen molar-refractivity contribution in [2.24, 2.45) is 0 Å². The van der Waals surface area contributed by atoms with Crippen LogP contribution in [0.15, 0.2) is 12.1 Å². The summed E-state index contributed by atoms with van der Waals surface area (Å²) in [5.41, 5.74) is 0.0437. The van der Waals surface area contributed by atoms with Crippen molar-refractivity contribution >= 4 is 5.97 Å². The van der Waals surface area contributed by atoms with E-state index in [9.17, 15) is 13.6 Å². The maximum atomic E-state index is 13.0. The third-order valence-corrected chi connectivity index (χ3v) is 1.61. The van der Waals surface area contributed by atoms with Crippen LogP contribution in [0.25, 0.3) is 0 Å². The molecule has 1 rings (SSSR count). The van der Waals surface area contributed by atoms with Crippen molar-refractivity contribution in [2.45, 2.75) is 13.3 Å². The highest BCUT2D eigenvalue weighted by Crippen LogP contribution is 2.15. The molecule has 4 heteroatoms. The van der Waals surface area contributed by atoms with Crippen LogP contribution in [0.5, 0.6) is 0 Å². The van der Waals surface area contributed by atoms with Gasteiger partial charge in [0.1, 0.15) is 11.6 Å². The predicted octanol–water partition coefficient (Wildman–Crippen LogP) is 1.90. The molecule has 0 saturated heterocycles. The molecule has 0 radical (unpaired) electrons. The van der Waals surface area contributed by atoms with Gasteiger partial charge in [0, 0.05) is 5.56 Å². The van der Waals surface area contributed by atoms with Gasteiger partial charge in [-0.15, -0.1) is 0 Å². The van der Waals surface area contributed by atoms with Crippen molar-refractivity contribution in [3.05, 3.63) is 34.9 Å². The Morgan fingerprint density at radius 1 is 1.38 bits per heavy atom. The second-order valence-corrected chi connectivity index (χ2v) is 2.78. The van der Waals surface area contributed by atoms with Crippen LogP contribution in [0, 0.1) is 18.6 Å². The quantitative estimate of drug-likeness (QED) is 0.765. The first kappa shape index (κ1) is 9.64. The van der Waals surface area contributed by atoms with Crippen LogP contribution in [0.2, 0.25) is 0 Å². The molecule has 0 bridgehead atoms. The van der Waals surface area contributed by atoms with E-state index in [2.05, 4.69) is 0 Å². The fraction of sp³-hybridized carbons (Fsp3) is 0.222. The van der Waals surface area contributed by atoms with E-state index in [0.717, 1.165) is 12.1 Å². The monoisotopic (exact) mass is 186 g/mol. The Kier molecular flexibility index (Phi) is 2.60. The molecule has 0 amide bonds. The van der Waals surface area contributed by atoms with Gasteiger partial charge in [-0.1, -0.05) is 0 Å². The maximum absolute atomic E-state index is 13.0. The van der Waals surface area contributed by atoms with Crippen LogP contribution in [-0.2, 0) is 11.2 Å². The molecular formula is C9H8F2O2. The minimum Gasteiger partial charge on any atom is -0.481 e. The number of carbonyl (C=O) groups is 1. The molecule has 2 nitrogen and oxygen atoms in total. The number of benzene rings is 1. The largest absolute Gasteiger partial charge is 0.481 e. The molecule has 0 spiro atoms. The van der Waals surface area contributed by atoms with Gasteiger partial charge in [-0.2, -0.15) is 0 Å². The molecule has 0 atom stereocenters. The van der Waals surface area contributed by atoms with E-state index < -0.39 is 29.6 Å². The molecule has 0 saturated carbocycles. The topological polar surface area (TPSA) is 37.3 Å². The predicted molar refractivity (Wildman–Crippen MR) is 42.4 cm³/mol. The first-order valence-corrected chi connectivity index (χ1v) is 3.67. The van der Waals surface area contributed by atoms with Gasteiger partial charge in [0.2, 0.25) is 0 Å². The maximum Gasteiger partial charge on any atom is 0.308 e. The minimum atomic E-state index is -1.25. The zero-order valence-corrected chi connectivity index (χ0v) is 6.97. The SMILES string of the molecule is Cc1cc(F)c(CC(=O)O)c(F)c1. The molecule has 0 heterocycles. The third kappa shape index (κ3) is 2.24. The number of aliphatic carboxylic acids is 1. The van der Waals surface area contributed by atoms with E-state index in [1.165, 1.54) is 6.92 Å². The van der Waals surface area contributed by atoms with Gasteiger partial charge in [-0.3, -0.25) is 4.79 Å². The van der Waals surface area contributed by atoms with Crippen LogP contribution in [-0.4, -0.2) is 11.1 Å². The highest BCUT2D eigenvalue weighted by Gasteiger charge is 2.12. The molecule has 0 aliphatic carbocycles. The molecule has 13 heavy (non-hydrogen) atoms. The summed E-state index contributed by atoms with van der Waals surface area (Å²) in [6.07, 6.45) is -0.627. The van der Waals surface area contributed by atoms with Gasteiger partial charge in [-0.05, 0) is 24.6 Å². The summed E-state index contributed by atoms with van der Waals surface area (Å²) in [6.45, 7) is 1.54. The third-order valence-electron chi connectivity index (χ3n) is 1.61. The molecule has 1 aromatic carbocycles. The fourth-order valence-electron chi connectivity index (χ4n) is 1.05. The van der Waals surface area contributed by atoms with Crippen LogP contribution < -0.4 is 0 Å². The van der Waals surface area contributed by atoms with E-state index >= 15 is 0 Å². The van der Waals surface area contributed by atoms with Crippen LogP contribution >= 0.6 is 0 Å². The Balaban J connectivity index is 3.13. The van der Waals surface area contributed by atoms with E-state index in [4.69, 9.17) is 5.11 Å². The molecule has 0 aliphatic rings. The Labute approximate surface area is 73.8 Å². The van der Waals surface area contributed by atoms with Crippen LogP contribution in [0.4, 0.5) is 8.78 Å². The standard InChI is InChI=1S/C9H8F2O2/c1-5-2-7(10)6(4-9(12)13)8(11)3-5/h2-3H,4H2,1H3,(H,12,13). The number of hydrogen-bond donors (Lipinski definition) is 1. The Morgan fingerprint density at radius 3 is 2.23 bits per heavy atom. The second-order valence-electron chi connectivity index (χ2n) is 2.78. The number of halogens is 2. The molecular weight excluding hydrogens is 178 g/mol. The van der Waals surface area contributed by atoms with Crippen molar-refractivity contribution in [1.82, 2.24) is 0 Å². The lowest BCUT2D eigenvalue weighted by atomic mass is 10.1. The number of aryl methyl sites for hydroxylation is 1. The molecule has 70 valence electrons. The number of rotatable bonds is 2. The lowest BCUT2D eigenvalue weighted by Gasteiger charge is -2.02. The lowest BCUT2D eigenvalue weighted by Crippen LogP contribution is -2.05. The lowest BCUT2D eigenvalue weighted by molar-refractivity contribution is -0.136. The van der Waals surface area contributed by atoms with Crippen molar-refractivity contribution in [2.75, 3.05) is 0 Å². The first-order chi connectivity index (χ1) is 6.00. The van der Waals surface area contributed by atoms with E-state index in [1.54, 1.807) is 0 Å². The summed E-state index contributed by atoms with van der Waals surface area (Å²) < 4.78 is 25.9. The van der Waals surface area contributed by atoms with Crippen molar-refractivity contribution in [3.8, 4) is 0 Å².